The molecule has 0 saturated carbocycles. The molecule has 0 aliphatic heterocycles. The highest BCUT2D eigenvalue weighted by molar-refractivity contribution is 7.09. The number of aryl methyl sites for hydroxylation is 1. The van der Waals surface area contributed by atoms with Crippen molar-refractivity contribution in [3.8, 4) is 5.75 Å². The SMILES string of the molecule is Cc1ccccc1OCc1nc(C(=O)NCCc2ccccn2)cs1. The van der Waals surface area contributed by atoms with Gasteiger partial charge in [0, 0.05) is 30.2 Å². The Morgan fingerprint density at radius 2 is 2.04 bits per heavy atom. The summed E-state index contributed by atoms with van der Waals surface area (Å²) in [5, 5.41) is 5.40. The topological polar surface area (TPSA) is 64.1 Å². The van der Waals surface area contributed by atoms with Crippen LogP contribution in [0.4, 0.5) is 0 Å². The van der Waals surface area contributed by atoms with Crippen LogP contribution in [-0.2, 0) is 13.0 Å². The Balaban J connectivity index is 1.49. The van der Waals surface area contributed by atoms with E-state index in [0.717, 1.165) is 22.0 Å². The van der Waals surface area contributed by atoms with Crippen LogP contribution in [0.1, 0.15) is 26.8 Å². The molecule has 25 heavy (non-hydrogen) atoms. The minimum atomic E-state index is -0.172. The number of thiazole rings is 1. The number of carbonyl (C=O) groups is 1. The highest BCUT2D eigenvalue weighted by atomic mass is 32.1. The van der Waals surface area contributed by atoms with Gasteiger partial charge in [0.25, 0.3) is 5.91 Å². The average Bonchev–Trinajstić information content (AvgIpc) is 3.11. The Morgan fingerprint density at radius 1 is 1.20 bits per heavy atom. The van der Waals surface area contributed by atoms with Crippen molar-refractivity contribution in [3.05, 3.63) is 76.0 Å². The number of nitrogens with one attached hydrogen (secondary N) is 1. The van der Waals surface area contributed by atoms with Gasteiger partial charge in [0.1, 0.15) is 23.1 Å². The number of carbonyl (C=O) groups excluding carboxylic acids is 1. The van der Waals surface area contributed by atoms with Crippen LogP contribution in [0.15, 0.2) is 54.0 Å². The molecule has 5 nitrogen and oxygen atoms in total. The molecule has 0 spiro atoms. The highest BCUT2D eigenvalue weighted by Gasteiger charge is 2.11. The Morgan fingerprint density at radius 3 is 2.84 bits per heavy atom. The first kappa shape index (κ1) is 17.1. The Hall–Kier alpha value is -2.73. The molecule has 2 aromatic heterocycles. The van der Waals surface area contributed by atoms with Crippen molar-refractivity contribution in [2.24, 2.45) is 0 Å². The molecule has 0 aliphatic carbocycles. The van der Waals surface area contributed by atoms with E-state index < -0.39 is 0 Å². The summed E-state index contributed by atoms with van der Waals surface area (Å²) in [6.07, 6.45) is 2.44. The molecule has 0 radical (unpaired) electrons. The molecule has 6 heteroatoms. The van der Waals surface area contributed by atoms with Crippen LogP contribution in [0.5, 0.6) is 5.75 Å². The van der Waals surface area contributed by atoms with Crippen molar-refractivity contribution in [2.75, 3.05) is 6.54 Å². The van der Waals surface area contributed by atoms with Crippen LogP contribution in [0, 0.1) is 6.92 Å². The molecule has 0 unspecified atom stereocenters. The van der Waals surface area contributed by atoms with Crippen molar-refractivity contribution < 1.29 is 9.53 Å². The summed E-state index contributed by atoms with van der Waals surface area (Å²) in [4.78, 5) is 20.7. The van der Waals surface area contributed by atoms with Crippen molar-refractivity contribution in [1.82, 2.24) is 15.3 Å². The zero-order chi connectivity index (χ0) is 17.5. The van der Waals surface area contributed by atoms with Crippen LogP contribution in [0.25, 0.3) is 0 Å². The number of hydrogen-bond donors (Lipinski definition) is 1. The molecular weight excluding hydrogens is 334 g/mol. The van der Waals surface area contributed by atoms with E-state index in [2.05, 4.69) is 15.3 Å². The predicted octanol–water partition coefficient (Wildman–Crippen LogP) is 3.40. The lowest BCUT2D eigenvalue weighted by molar-refractivity contribution is 0.0949. The second kappa shape index (κ2) is 8.39. The maximum Gasteiger partial charge on any atom is 0.270 e. The van der Waals surface area contributed by atoms with E-state index in [-0.39, 0.29) is 5.91 Å². The smallest absolute Gasteiger partial charge is 0.270 e. The third-order valence-corrected chi connectivity index (χ3v) is 4.44. The molecule has 0 aliphatic rings. The van der Waals surface area contributed by atoms with Gasteiger partial charge in [-0.1, -0.05) is 24.3 Å². The van der Waals surface area contributed by atoms with Gasteiger partial charge in [-0.05, 0) is 30.7 Å². The van der Waals surface area contributed by atoms with E-state index in [1.54, 1.807) is 11.6 Å². The third kappa shape index (κ3) is 4.87. The standard InChI is InChI=1S/C19H19N3O2S/c1-14-6-2-3-8-17(14)24-12-18-22-16(13-25-18)19(23)21-11-9-15-7-4-5-10-20-15/h2-8,10,13H,9,11-12H2,1H3,(H,21,23). The number of hydrogen-bond acceptors (Lipinski definition) is 5. The number of benzene rings is 1. The van der Waals surface area contributed by atoms with Crippen LogP contribution in [0.3, 0.4) is 0 Å². The number of aromatic nitrogens is 2. The lowest BCUT2D eigenvalue weighted by atomic mass is 10.2. The number of rotatable bonds is 7. The molecule has 1 N–H and O–H groups in total. The molecule has 3 rings (SSSR count). The number of ether oxygens (including phenoxy) is 1. The van der Waals surface area contributed by atoms with Gasteiger partial charge in [-0.2, -0.15) is 0 Å². The van der Waals surface area contributed by atoms with Gasteiger partial charge in [0.2, 0.25) is 0 Å². The van der Waals surface area contributed by atoms with Crippen molar-refractivity contribution >= 4 is 17.2 Å². The van der Waals surface area contributed by atoms with Gasteiger partial charge < -0.3 is 10.1 Å². The van der Waals surface area contributed by atoms with Crippen LogP contribution in [0.2, 0.25) is 0 Å². The summed E-state index contributed by atoms with van der Waals surface area (Å²) in [5.74, 6) is 0.661. The molecule has 0 saturated heterocycles. The minimum Gasteiger partial charge on any atom is -0.486 e. The molecule has 0 bridgehead atoms. The Bertz CT molecular complexity index is 833. The summed E-state index contributed by atoms with van der Waals surface area (Å²) in [7, 11) is 0. The summed E-state index contributed by atoms with van der Waals surface area (Å²) in [6, 6.07) is 13.6. The third-order valence-electron chi connectivity index (χ3n) is 3.62. The normalized spacial score (nSPS) is 10.4. The number of pyridine rings is 1. The minimum absolute atomic E-state index is 0.172. The molecule has 0 fully saturated rings. The first-order chi connectivity index (χ1) is 12.2. The highest BCUT2D eigenvalue weighted by Crippen LogP contribution is 2.19. The zero-order valence-electron chi connectivity index (χ0n) is 13.9. The maximum atomic E-state index is 12.1. The molecular formula is C19H19N3O2S. The number of amides is 1. The fraction of sp³-hybridized carbons (Fsp3) is 0.211. The van der Waals surface area contributed by atoms with Gasteiger partial charge in [0.15, 0.2) is 0 Å². The van der Waals surface area contributed by atoms with E-state index >= 15 is 0 Å². The quantitative estimate of drug-likeness (QED) is 0.707. The molecule has 1 amide bonds. The molecule has 2 heterocycles. The predicted molar refractivity (Wildman–Crippen MR) is 97.9 cm³/mol. The largest absolute Gasteiger partial charge is 0.486 e. The van der Waals surface area contributed by atoms with E-state index in [1.165, 1.54) is 11.3 Å². The second-order valence-electron chi connectivity index (χ2n) is 5.51. The molecule has 128 valence electrons. The lowest BCUT2D eigenvalue weighted by Crippen LogP contribution is -2.26. The van der Waals surface area contributed by atoms with E-state index in [0.29, 0.717) is 25.3 Å². The first-order valence-electron chi connectivity index (χ1n) is 8.03. The van der Waals surface area contributed by atoms with Crippen molar-refractivity contribution in [2.45, 2.75) is 20.0 Å². The Kier molecular flexibility index (Phi) is 5.74. The molecule has 1 aromatic carbocycles. The van der Waals surface area contributed by atoms with Crippen LogP contribution < -0.4 is 10.1 Å². The van der Waals surface area contributed by atoms with E-state index in [9.17, 15) is 4.79 Å². The Labute approximate surface area is 150 Å². The van der Waals surface area contributed by atoms with Crippen molar-refractivity contribution in [1.29, 1.82) is 0 Å². The van der Waals surface area contributed by atoms with Gasteiger partial charge in [0.05, 0.1) is 0 Å². The number of para-hydroxylation sites is 1. The average molecular weight is 353 g/mol. The summed E-state index contributed by atoms with van der Waals surface area (Å²) < 4.78 is 5.76. The molecule has 3 aromatic rings. The monoisotopic (exact) mass is 353 g/mol. The van der Waals surface area contributed by atoms with Gasteiger partial charge in [-0.3, -0.25) is 9.78 Å². The van der Waals surface area contributed by atoms with E-state index in [1.807, 2.05) is 49.4 Å². The summed E-state index contributed by atoms with van der Waals surface area (Å²) in [6.45, 7) is 2.89. The first-order valence-corrected chi connectivity index (χ1v) is 8.91. The van der Waals surface area contributed by atoms with Crippen molar-refractivity contribution in [3.63, 3.8) is 0 Å². The molecule has 0 atom stereocenters. The lowest BCUT2D eigenvalue weighted by Gasteiger charge is -2.06. The fourth-order valence-electron chi connectivity index (χ4n) is 2.28. The number of nitrogens with zero attached hydrogens (tertiary/aromatic N) is 2. The van der Waals surface area contributed by atoms with Gasteiger partial charge in [-0.15, -0.1) is 11.3 Å². The van der Waals surface area contributed by atoms with Gasteiger partial charge in [-0.25, -0.2) is 4.98 Å². The second-order valence-corrected chi connectivity index (χ2v) is 6.45. The summed E-state index contributed by atoms with van der Waals surface area (Å²) in [5.41, 5.74) is 2.45. The fourth-order valence-corrected chi connectivity index (χ4v) is 2.97. The van der Waals surface area contributed by atoms with Crippen LogP contribution in [-0.4, -0.2) is 22.4 Å². The summed E-state index contributed by atoms with van der Waals surface area (Å²) >= 11 is 1.42. The van der Waals surface area contributed by atoms with E-state index in [4.69, 9.17) is 4.74 Å². The zero-order valence-corrected chi connectivity index (χ0v) is 14.8. The maximum absolute atomic E-state index is 12.1. The van der Waals surface area contributed by atoms with Crippen LogP contribution >= 0.6 is 11.3 Å². The van der Waals surface area contributed by atoms with Gasteiger partial charge >= 0.3 is 0 Å².